The molecule has 3 atom stereocenters. The fourth-order valence-electron chi connectivity index (χ4n) is 2.37. The molecule has 0 radical (unpaired) electrons. The largest absolute Gasteiger partial charge is 0.325 e. The molecule has 0 saturated heterocycles. The highest BCUT2D eigenvalue weighted by atomic mass is 14.9. The van der Waals surface area contributed by atoms with Crippen LogP contribution in [0.2, 0.25) is 0 Å². The van der Waals surface area contributed by atoms with E-state index in [0.717, 1.165) is 31.1 Å². The second-order valence-corrected chi connectivity index (χ2v) is 3.90. The molecule has 0 spiro atoms. The molecule has 1 saturated carbocycles. The molecule has 0 unspecified atom stereocenters. The number of hydrogen-bond donors (Lipinski definition) is 1. The van der Waals surface area contributed by atoms with Crippen molar-refractivity contribution in [1.82, 2.24) is 0 Å². The Balaban J connectivity index is 2.08. The van der Waals surface area contributed by atoms with E-state index in [9.17, 15) is 0 Å². The molecule has 2 aliphatic rings. The molecule has 2 aliphatic carbocycles. The van der Waals surface area contributed by atoms with Crippen LogP contribution in [0.15, 0.2) is 0 Å². The Labute approximate surface area is 68.4 Å². The van der Waals surface area contributed by atoms with E-state index in [4.69, 9.17) is 5.73 Å². The van der Waals surface area contributed by atoms with Gasteiger partial charge in [0.25, 0.3) is 0 Å². The topological polar surface area (TPSA) is 26.0 Å². The Morgan fingerprint density at radius 3 is 2.91 bits per heavy atom. The highest BCUT2D eigenvalue weighted by Gasteiger charge is 2.57. The molecule has 0 aromatic rings. The summed E-state index contributed by atoms with van der Waals surface area (Å²) in [6.45, 7) is 2.27. The molecule has 11 heavy (non-hydrogen) atoms. The number of nitrogens with two attached hydrogens (primary N) is 1. The molecule has 0 heterocycles. The highest BCUT2D eigenvalue weighted by molar-refractivity contribution is 5.18. The number of hydrogen-bond acceptors (Lipinski definition) is 1. The van der Waals surface area contributed by atoms with Gasteiger partial charge in [-0.3, -0.25) is 0 Å². The molecule has 0 aromatic carbocycles. The molecule has 1 fully saturated rings. The average Bonchev–Trinajstić information content (AvgIpc) is 2.40. The van der Waals surface area contributed by atoms with Gasteiger partial charge in [-0.2, -0.15) is 0 Å². The van der Waals surface area contributed by atoms with Crippen molar-refractivity contribution in [3.05, 3.63) is 0 Å². The van der Waals surface area contributed by atoms with Gasteiger partial charge in [-0.1, -0.05) is 6.92 Å². The maximum Gasteiger partial charge on any atom is 0.0224 e. The summed E-state index contributed by atoms with van der Waals surface area (Å²) < 4.78 is 0. The third kappa shape index (κ3) is 0.973. The van der Waals surface area contributed by atoms with E-state index >= 15 is 0 Å². The molecule has 0 amide bonds. The summed E-state index contributed by atoms with van der Waals surface area (Å²) in [5.41, 5.74) is 6.37. The van der Waals surface area contributed by atoms with Crippen LogP contribution in [0.3, 0.4) is 0 Å². The van der Waals surface area contributed by atoms with Crippen LogP contribution in [0.5, 0.6) is 0 Å². The summed E-state index contributed by atoms with van der Waals surface area (Å²) in [6.07, 6.45) is 4.42. The van der Waals surface area contributed by atoms with Gasteiger partial charge in [0.1, 0.15) is 0 Å². The van der Waals surface area contributed by atoms with Crippen molar-refractivity contribution in [3.63, 3.8) is 0 Å². The van der Waals surface area contributed by atoms with Gasteiger partial charge in [0.15, 0.2) is 0 Å². The van der Waals surface area contributed by atoms with Gasteiger partial charge in [-0.25, -0.2) is 0 Å². The fourth-order valence-corrected chi connectivity index (χ4v) is 2.37. The van der Waals surface area contributed by atoms with Crippen LogP contribution in [-0.4, -0.2) is 5.54 Å². The summed E-state index contributed by atoms with van der Waals surface area (Å²) in [7, 11) is 0. The third-order valence-electron chi connectivity index (χ3n) is 3.42. The monoisotopic (exact) mass is 149 g/mol. The van der Waals surface area contributed by atoms with Gasteiger partial charge in [0.05, 0.1) is 0 Å². The minimum Gasteiger partial charge on any atom is -0.325 e. The van der Waals surface area contributed by atoms with Gasteiger partial charge >= 0.3 is 0 Å². The zero-order valence-electron chi connectivity index (χ0n) is 7.06. The molecule has 60 valence electrons. The van der Waals surface area contributed by atoms with E-state index in [0.29, 0.717) is 0 Å². The van der Waals surface area contributed by atoms with Crippen LogP contribution >= 0.6 is 0 Å². The van der Waals surface area contributed by atoms with Crippen molar-refractivity contribution in [2.75, 3.05) is 0 Å². The lowest BCUT2D eigenvalue weighted by atomic mass is 10.0. The highest BCUT2D eigenvalue weighted by Crippen LogP contribution is 2.53. The molecular formula is C10H15N. The number of fused-ring (bicyclic) bond motifs is 1. The van der Waals surface area contributed by atoms with Gasteiger partial charge in [-0.05, 0) is 24.7 Å². The van der Waals surface area contributed by atoms with Crippen LogP contribution in [0.25, 0.3) is 0 Å². The van der Waals surface area contributed by atoms with E-state index in [2.05, 4.69) is 18.8 Å². The predicted octanol–water partition coefficient (Wildman–Crippen LogP) is 1.53. The van der Waals surface area contributed by atoms with Crippen LogP contribution in [0.1, 0.15) is 32.6 Å². The van der Waals surface area contributed by atoms with Gasteiger partial charge in [0.2, 0.25) is 0 Å². The Hall–Kier alpha value is -0.480. The maximum absolute atomic E-state index is 6.20. The lowest BCUT2D eigenvalue weighted by molar-refractivity contribution is 0.528. The third-order valence-corrected chi connectivity index (χ3v) is 3.42. The Bertz CT molecular complexity index is 223. The van der Waals surface area contributed by atoms with Gasteiger partial charge in [-0.15, -0.1) is 11.8 Å². The first-order valence-corrected chi connectivity index (χ1v) is 4.50. The lowest BCUT2D eigenvalue weighted by Crippen LogP contribution is -2.26. The average molecular weight is 149 g/mol. The van der Waals surface area contributed by atoms with Crippen molar-refractivity contribution in [3.8, 4) is 11.8 Å². The van der Waals surface area contributed by atoms with Gasteiger partial charge < -0.3 is 5.73 Å². The molecule has 2 N–H and O–H groups in total. The normalized spacial score (nSPS) is 47.8. The lowest BCUT2D eigenvalue weighted by Gasteiger charge is -2.09. The second-order valence-electron chi connectivity index (χ2n) is 3.90. The van der Waals surface area contributed by atoms with E-state index in [1.807, 2.05) is 0 Å². The van der Waals surface area contributed by atoms with Crippen molar-refractivity contribution in [2.45, 2.75) is 38.1 Å². The van der Waals surface area contributed by atoms with Crippen molar-refractivity contribution in [2.24, 2.45) is 17.6 Å². The Morgan fingerprint density at radius 2 is 2.09 bits per heavy atom. The molecule has 0 aliphatic heterocycles. The van der Waals surface area contributed by atoms with Crippen molar-refractivity contribution >= 4 is 0 Å². The quantitative estimate of drug-likeness (QED) is 0.519. The molecule has 1 nitrogen and oxygen atoms in total. The summed E-state index contributed by atoms with van der Waals surface area (Å²) in [5.74, 6) is 7.85. The molecule has 0 bridgehead atoms. The van der Waals surface area contributed by atoms with E-state index in [-0.39, 0.29) is 5.54 Å². The first-order valence-electron chi connectivity index (χ1n) is 4.50. The van der Waals surface area contributed by atoms with Crippen LogP contribution < -0.4 is 5.73 Å². The maximum atomic E-state index is 6.20. The summed E-state index contributed by atoms with van der Waals surface area (Å²) in [4.78, 5) is 0. The van der Waals surface area contributed by atoms with Gasteiger partial charge in [0, 0.05) is 18.4 Å². The first-order chi connectivity index (χ1) is 5.25. The van der Waals surface area contributed by atoms with E-state index in [1.165, 1.54) is 6.42 Å². The zero-order valence-corrected chi connectivity index (χ0v) is 7.06. The molecule has 2 rings (SSSR count). The van der Waals surface area contributed by atoms with Crippen LogP contribution in [0, 0.1) is 23.7 Å². The standard InChI is InChI=1S/C10H15N/c1-8-9-6-4-2-3-5-7-10(8,9)11/h8-9H,4-7,11H2,1H3/t8-,9+,10+/m0/s1. The Kier molecular flexibility index (Phi) is 1.47. The number of rotatable bonds is 0. The fraction of sp³-hybridized carbons (Fsp3) is 0.800. The SMILES string of the molecule is C[C@H]1[C@H]2CCC#CCC[C@]21N. The van der Waals surface area contributed by atoms with E-state index in [1.54, 1.807) is 0 Å². The first kappa shape index (κ1) is 7.18. The Morgan fingerprint density at radius 1 is 1.36 bits per heavy atom. The summed E-state index contributed by atoms with van der Waals surface area (Å²) in [5, 5.41) is 0. The van der Waals surface area contributed by atoms with Crippen molar-refractivity contribution in [1.29, 1.82) is 0 Å². The minimum absolute atomic E-state index is 0.176. The summed E-state index contributed by atoms with van der Waals surface area (Å²) >= 11 is 0. The molecule has 1 heteroatoms. The second kappa shape index (κ2) is 2.25. The smallest absolute Gasteiger partial charge is 0.0224 e. The summed E-state index contributed by atoms with van der Waals surface area (Å²) in [6, 6.07) is 0. The van der Waals surface area contributed by atoms with Crippen molar-refractivity contribution < 1.29 is 0 Å². The van der Waals surface area contributed by atoms with E-state index < -0.39 is 0 Å². The van der Waals surface area contributed by atoms with Crippen LogP contribution in [-0.2, 0) is 0 Å². The molecular weight excluding hydrogens is 134 g/mol. The zero-order chi connectivity index (χ0) is 7.90. The van der Waals surface area contributed by atoms with Crippen LogP contribution in [0.4, 0.5) is 0 Å². The molecule has 0 aromatic heterocycles. The predicted molar refractivity (Wildman–Crippen MR) is 45.8 cm³/mol. The minimum atomic E-state index is 0.176.